The van der Waals surface area contributed by atoms with E-state index < -0.39 is 11.6 Å². The van der Waals surface area contributed by atoms with Crippen LogP contribution in [0.4, 0.5) is 14.6 Å². The van der Waals surface area contributed by atoms with Crippen LogP contribution in [-0.2, 0) is 6.42 Å². The molecular weight excluding hydrogens is 630 g/mol. The number of piperazine rings is 1. The Bertz CT molecular complexity index is 2040. The Kier molecular flexibility index (Phi) is 6.47. The van der Waals surface area contributed by atoms with E-state index in [2.05, 4.69) is 15.1 Å². The Labute approximate surface area is 282 Å². The third kappa shape index (κ3) is 4.63. The first-order chi connectivity index (χ1) is 23.8. The molecule has 6 heterocycles. The van der Waals surface area contributed by atoms with Crippen LogP contribution in [0.3, 0.4) is 0 Å². The fraction of sp³-hybridized carbons (Fsp3) is 0.541. The second-order valence-corrected chi connectivity index (χ2v) is 15.6. The number of hydrogen-bond donors (Lipinski definition) is 3. The molecular formula is C37H40F2N6O4. The number of ether oxygens (including phenoxy) is 2. The zero-order valence-corrected chi connectivity index (χ0v) is 27.5. The van der Waals surface area contributed by atoms with Gasteiger partial charge in [0.15, 0.2) is 5.82 Å². The first-order valence-electron chi connectivity index (χ1n) is 17.7. The highest BCUT2D eigenvalue weighted by molar-refractivity contribution is 6.03. The van der Waals surface area contributed by atoms with Crippen molar-refractivity contribution in [3.8, 4) is 28.9 Å². The maximum Gasteiger partial charge on any atom is 0.319 e. The van der Waals surface area contributed by atoms with E-state index in [0.717, 1.165) is 51.7 Å². The minimum atomic E-state index is -0.697. The van der Waals surface area contributed by atoms with Crippen LogP contribution in [0.15, 0.2) is 24.3 Å². The quantitative estimate of drug-likeness (QED) is 0.246. The van der Waals surface area contributed by atoms with Crippen molar-refractivity contribution in [2.75, 3.05) is 50.9 Å². The summed E-state index contributed by atoms with van der Waals surface area (Å²) < 4.78 is 45.1. The average Bonchev–Trinajstić information content (AvgIpc) is 3.95. The number of pyridine rings is 1. The Morgan fingerprint density at radius 3 is 2.78 bits per heavy atom. The third-order valence-corrected chi connectivity index (χ3v) is 12.4. The molecule has 2 aromatic heterocycles. The number of aromatic hydroxyl groups is 1. The van der Waals surface area contributed by atoms with Gasteiger partial charge in [0.05, 0.1) is 19.3 Å². The molecule has 3 saturated heterocycles. The molecule has 2 aromatic carbocycles. The maximum absolute atomic E-state index is 17.1. The second-order valence-electron chi connectivity index (χ2n) is 15.6. The summed E-state index contributed by atoms with van der Waals surface area (Å²) in [6.45, 7) is 6.38. The van der Waals surface area contributed by atoms with E-state index in [1.165, 1.54) is 12.1 Å². The zero-order valence-electron chi connectivity index (χ0n) is 27.5. The summed E-state index contributed by atoms with van der Waals surface area (Å²) in [4.78, 5) is 19.1. The van der Waals surface area contributed by atoms with E-state index in [-0.39, 0.29) is 63.9 Å². The lowest BCUT2D eigenvalue weighted by molar-refractivity contribution is 0.143. The molecule has 6 aliphatic rings. The zero-order chi connectivity index (χ0) is 33.2. The largest absolute Gasteiger partial charge is 0.508 e. The molecule has 10 nitrogen and oxygen atoms in total. The molecule has 12 heteroatoms. The van der Waals surface area contributed by atoms with Gasteiger partial charge in [0.2, 0.25) is 5.88 Å². The number of aliphatic hydroxyl groups excluding tert-OH is 1. The molecule has 3 N–H and O–H groups in total. The molecule has 0 amide bonds. The van der Waals surface area contributed by atoms with E-state index in [4.69, 9.17) is 24.4 Å². The monoisotopic (exact) mass is 670 g/mol. The van der Waals surface area contributed by atoms with Crippen molar-refractivity contribution in [3.63, 3.8) is 0 Å². The number of aryl methyl sites for hydroxylation is 1. The van der Waals surface area contributed by atoms with Crippen molar-refractivity contribution in [2.24, 2.45) is 16.7 Å². The topological polar surface area (TPSA) is 116 Å². The minimum Gasteiger partial charge on any atom is -0.508 e. The molecule has 2 aliphatic carbocycles. The lowest BCUT2D eigenvalue weighted by atomic mass is 9.94. The van der Waals surface area contributed by atoms with Crippen LogP contribution in [-0.4, -0.2) is 94.2 Å². The van der Waals surface area contributed by atoms with Crippen molar-refractivity contribution in [1.82, 2.24) is 25.2 Å². The Morgan fingerprint density at radius 2 is 1.98 bits per heavy atom. The van der Waals surface area contributed by atoms with Crippen molar-refractivity contribution in [3.05, 3.63) is 41.5 Å². The molecule has 256 valence electrons. The first kappa shape index (κ1) is 30.0. The van der Waals surface area contributed by atoms with E-state index in [0.29, 0.717) is 65.7 Å². The number of aliphatic hydroxyl groups is 1. The van der Waals surface area contributed by atoms with Crippen LogP contribution < -0.4 is 19.7 Å². The molecule has 4 aliphatic heterocycles. The number of likely N-dealkylation sites (tertiary alicyclic amines) is 1. The van der Waals surface area contributed by atoms with Crippen LogP contribution in [0.2, 0.25) is 0 Å². The maximum atomic E-state index is 17.1. The number of piperidine rings is 1. The lowest BCUT2D eigenvalue weighted by Gasteiger charge is -2.40. The molecule has 10 rings (SSSR count). The van der Waals surface area contributed by atoms with Gasteiger partial charge in [-0.25, -0.2) is 13.8 Å². The molecule has 0 radical (unpaired) electrons. The van der Waals surface area contributed by atoms with Crippen molar-refractivity contribution in [2.45, 2.75) is 63.6 Å². The fourth-order valence-electron chi connectivity index (χ4n) is 9.48. The number of nitrogens with one attached hydrogen (secondary N) is 1. The standard InChI is InChI=1S/C37H40F2N6O4/c1-2-23-25(38)5-3-19-9-22(47)10-24(28(19)23)31-30(39)32-29-33(45-13-21-4-6-26(40-21)27(45)14-48-34(29)41-31)43-35(42-32)49-18-36(7-8-36)15-44-12-20-11-37(20,16-44)17-46/h3,5,9-10,20-21,26-27,40,46-47H,2,4,6-8,11-18H2,1H3/t20?,21-,26+,27-,37+/m1/s1. The normalized spacial score (nSPS) is 29.1. The third-order valence-electron chi connectivity index (χ3n) is 12.4. The molecule has 49 heavy (non-hydrogen) atoms. The Balaban J connectivity index is 1.08. The van der Waals surface area contributed by atoms with Gasteiger partial charge in [-0.05, 0) is 79.0 Å². The summed E-state index contributed by atoms with van der Waals surface area (Å²) in [5.74, 6) is 0.192. The number of anilines is 1. The molecule has 2 bridgehead atoms. The van der Waals surface area contributed by atoms with Gasteiger partial charge in [-0.15, -0.1) is 0 Å². The highest BCUT2D eigenvalue weighted by atomic mass is 19.1. The first-order valence-corrected chi connectivity index (χ1v) is 17.7. The number of halogens is 2. The van der Waals surface area contributed by atoms with Crippen LogP contribution >= 0.6 is 0 Å². The molecule has 5 atom stereocenters. The molecule has 5 fully saturated rings. The van der Waals surface area contributed by atoms with Crippen LogP contribution in [0, 0.1) is 28.4 Å². The van der Waals surface area contributed by atoms with Gasteiger partial charge in [0.25, 0.3) is 0 Å². The summed E-state index contributed by atoms with van der Waals surface area (Å²) in [6, 6.07) is 6.51. The van der Waals surface area contributed by atoms with Crippen LogP contribution in [0.25, 0.3) is 32.9 Å². The van der Waals surface area contributed by atoms with Gasteiger partial charge in [-0.3, -0.25) is 0 Å². The number of aromatic nitrogens is 3. The minimum absolute atomic E-state index is 0.0200. The van der Waals surface area contributed by atoms with Gasteiger partial charge in [-0.2, -0.15) is 9.97 Å². The predicted octanol–water partition coefficient (Wildman–Crippen LogP) is 4.57. The number of phenols is 1. The summed E-state index contributed by atoms with van der Waals surface area (Å²) in [6.07, 6.45) is 5.61. The van der Waals surface area contributed by atoms with Crippen LogP contribution in [0.1, 0.15) is 44.6 Å². The number of rotatable bonds is 8. The van der Waals surface area contributed by atoms with Crippen molar-refractivity contribution in [1.29, 1.82) is 0 Å². The average molecular weight is 671 g/mol. The number of hydrogen-bond acceptors (Lipinski definition) is 10. The van der Waals surface area contributed by atoms with Gasteiger partial charge in [0, 0.05) is 54.7 Å². The smallest absolute Gasteiger partial charge is 0.319 e. The summed E-state index contributed by atoms with van der Waals surface area (Å²) in [7, 11) is 0. The van der Waals surface area contributed by atoms with Crippen molar-refractivity contribution >= 4 is 27.5 Å². The summed E-state index contributed by atoms with van der Waals surface area (Å²) >= 11 is 0. The van der Waals surface area contributed by atoms with E-state index in [1.807, 2.05) is 6.92 Å². The number of nitrogens with zero attached hydrogens (tertiary/aromatic N) is 5. The lowest BCUT2D eigenvalue weighted by Crippen LogP contribution is -2.60. The van der Waals surface area contributed by atoms with Gasteiger partial charge in [0.1, 0.15) is 40.6 Å². The highest BCUT2D eigenvalue weighted by Gasteiger charge is 2.60. The molecule has 1 unspecified atom stereocenters. The Morgan fingerprint density at radius 1 is 1.10 bits per heavy atom. The van der Waals surface area contributed by atoms with Crippen LogP contribution in [0.5, 0.6) is 17.6 Å². The van der Waals surface area contributed by atoms with Crippen molar-refractivity contribution < 1.29 is 28.5 Å². The van der Waals surface area contributed by atoms with Gasteiger partial charge >= 0.3 is 6.01 Å². The van der Waals surface area contributed by atoms with E-state index in [1.54, 1.807) is 12.1 Å². The van der Waals surface area contributed by atoms with Gasteiger partial charge < -0.3 is 34.8 Å². The second kappa shape index (κ2) is 10.6. The fourth-order valence-corrected chi connectivity index (χ4v) is 9.48. The Hall–Kier alpha value is -3.87. The summed E-state index contributed by atoms with van der Waals surface area (Å²) in [5.41, 5.74) is 0.731. The molecule has 4 aromatic rings. The SMILES string of the molecule is CCc1c(F)ccc2cc(O)cc(-c3nc4c5c(nc(OCC6(CN7CC8C[C@@]8(CO)C7)CC6)nc5c3F)N3C[C@H]5CC[C@H](N5)[C@H]3CO4)c12. The van der Waals surface area contributed by atoms with Gasteiger partial charge in [-0.1, -0.05) is 13.0 Å². The number of phenolic OH excluding ortho intramolecular Hbond substituents is 1. The summed E-state index contributed by atoms with van der Waals surface area (Å²) in [5, 5.41) is 25.8. The number of fused-ring (bicyclic) bond motifs is 7. The van der Waals surface area contributed by atoms with E-state index in [9.17, 15) is 10.2 Å². The number of benzene rings is 2. The molecule has 2 saturated carbocycles. The molecule has 0 spiro atoms. The van der Waals surface area contributed by atoms with E-state index >= 15 is 8.78 Å². The predicted molar refractivity (Wildman–Crippen MR) is 179 cm³/mol. The highest BCUT2D eigenvalue weighted by Crippen LogP contribution is 2.59.